The SMILES string of the molecule is Cc1ccc(OCCCC(=O)N(CCCO)C(C)C)cc1. The lowest BCUT2D eigenvalue weighted by Gasteiger charge is -2.26. The van der Waals surface area contributed by atoms with Gasteiger partial charge in [0.25, 0.3) is 0 Å². The molecule has 0 aliphatic rings. The van der Waals surface area contributed by atoms with E-state index in [1.807, 2.05) is 49.9 Å². The number of benzene rings is 1. The van der Waals surface area contributed by atoms with Crippen LogP contribution >= 0.6 is 0 Å². The highest BCUT2D eigenvalue weighted by Crippen LogP contribution is 2.12. The quantitative estimate of drug-likeness (QED) is 0.712. The molecular formula is C17H27NO3. The molecule has 4 heteroatoms. The summed E-state index contributed by atoms with van der Waals surface area (Å²) in [5, 5.41) is 8.88. The van der Waals surface area contributed by atoms with E-state index in [1.54, 1.807) is 0 Å². The van der Waals surface area contributed by atoms with Gasteiger partial charge in [-0.2, -0.15) is 0 Å². The topological polar surface area (TPSA) is 49.8 Å². The number of rotatable bonds is 9. The summed E-state index contributed by atoms with van der Waals surface area (Å²) in [5.74, 6) is 0.972. The van der Waals surface area contributed by atoms with Crippen molar-refractivity contribution in [2.45, 2.75) is 46.1 Å². The molecule has 0 saturated carbocycles. The number of carbonyl (C=O) groups is 1. The van der Waals surface area contributed by atoms with Crippen LogP contribution in [0.25, 0.3) is 0 Å². The van der Waals surface area contributed by atoms with Crippen LogP contribution in [-0.4, -0.2) is 41.7 Å². The Balaban J connectivity index is 2.29. The lowest BCUT2D eigenvalue weighted by molar-refractivity contribution is -0.133. The largest absolute Gasteiger partial charge is 0.494 e. The molecule has 1 aromatic rings. The van der Waals surface area contributed by atoms with Crippen molar-refractivity contribution in [2.75, 3.05) is 19.8 Å². The van der Waals surface area contributed by atoms with E-state index < -0.39 is 0 Å². The third kappa shape index (κ3) is 6.63. The first kappa shape index (κ1) is 17.5. The van der Waals surface area contributed by atoms with Crippen molar-refractivity contribution in [3.05, 3.63) is 29.8 Å². The Hall–Kier alpha value is -1.55. The summed E-state index contributed by atoms with van der Waals surface area (Å²) in [6, 6.07) is 8.07. The number of hydrogen-bond donors (Lipinski definition) is 1. The molecule has 0 spiro atoms. The Morgan fingerprint density at radius 1 is 1.24 bits per heavy atom. The number of aliphatic hydroxyl groups is 1. The van der Waals surface area contributed by atoms with Crippen molar-refractivity contribution in [2.24, 2.45) is 0 Å². The molecule has 1 rings (SSSR count). The molecule has 1 aromatic carbocycles. The van der Waals surface area contributed by atoms with Gasteiger partial charge >= 0.3 is 0 Å². The van der Waals surface area contributed by atoms with Crippen LogP contribution in [-0.2, 0) is 4.79 Å². The van der Waals surface area contributed by atoms with E-state index in [1.165, 1.54) is 5.56 Å². The molecule has 118 valence electrons. The summed E-state index contributed by atoms with van der Waals surface area (Å²) in [7, 11) is 0. The third-order valence-electron chi connectivity index (χ3n) is 3.33. The van der Waals surface area contributed by atoms with E-state index in [-0.39, 0.29) is 18.6 Å². The Kier molecular flexibility index (Phi) is 7.83. The van der Waals surface area contributed by atoms with Gasteiger partial charge in [-0.25, -0.2) is 0 Å². The van der Waals surface area contributed by atoms with Crippen LogP contribution in [0, 0.1) is 6.92 Å². The van der Waals surface area contributed by atoms with E-state index in [0.29, 0.717) is 32.4 Å². The van der Waals surface area contributed by atoms with E-state index >= 15 is 0 Å². The number of nitrogens with zero attached hydrogens (tertiary/aromatic N) is 1. The summed E-state index contributed by atoms with van der Waals surface area (Å²) in [5.41, 5.74) is 1.20. The van der Waals surface area contributed by atoms with Crippen LogP contribution in [0.15, 0.2) is 24.3 Å². The van der Waals surface area contributed by atoms with Gasteiger partial charge in [-0.1, -0.05) is 17.7 Å². The molecule has 0 atom stereocenters. The molecule has 0 aliphatic heterocycles. The zero-order valence-corrected chi connectivity index (χ0v) is 13.3. The molecule has 1 amide bonds. The van der Waals surface area contributed by atoms with Gasteiger partial charge in [-0.15, -0.1) is 0 Å². The number of amides is 1. The first-order valence-corrected chi connectivity index (χ1v) is 7.64. The number of carbonyl (C=O) groups excluding carboxylic acids is 1. The molecule has 0 aromatic heterocycles. The second kappa shape index (κ2) is 9.40. The van der Waals surface area contributed by atoms with Crippen LogP contribution in [0.1, 0.15) is 38.7 Å². The highest BCUT2D eigenvalue weighted by atomic mass is 16.5. The molecule has 4 nitrogen and oxygen atoms in total. The fourth-order valence-electron chi connectivity index (χ4n) is 2.10. The monoisotopic (exact) mass is 293 g/mol. The highest BCUT2D eigenvalue weighted by molar-refractivity contribution is 5.76. The molecule has 0 heterocycles. The molecule has 0 unspecified atom stereocenters. The fourth-order valence-corrected chi connectivity index (χ4v) is 2.10. The molecule has 0 aliphatic carbocycles. The van der Waals surface area contributed by atoms with Gasteiger partial charge in [-0.05, 0) is 45.7 Å². The van der Waals surface area contributed by atoms with Gasteiger partial charge in [0.1, 0.15) is 5.75 Å². The standard InChI is InChI=1S/C17H27NO3/c1-14(2)18(11-5-12-19)17(20)6-4-13-21-16-9-7-15(3)8-10-16/h7-10,14,19H,4-6,11-13H2,1-3H3. The molecule has 0 saturated heterocycles. The second-order valence-electron chi connectivity index (χ2n) is 5.52. The van der Waals surface area contributed by atoms with Gasteiger partial charge in [0.15, 0.2) is 0 Å². The minimum Gasteiger partial charge on any atom is -0.494 e. The molecule has 1 N–H and O–H groups in total. The van der Waals surface area contributed by atoms with Gasteiger partial charge in [-0.3, -0.25) is 4.79 Å². The maximum atomic E-state index is 12.1. The van der Waals surface area contributed by atoms with Crippen molar-refractivity contribution in [3.63, 3.8) is 0 Å². The van der Waals surface area contributed by atoms with Crippen LogP contribution in [0.2, 0.25) is 0 Å². The van der Waals surface area contributed by atoms with Crippen LogP contribution in [0.5, 0.6) is 5.75 Å². The Labute approximate surface area is 127 Å². The Bertz CT molecular complexity index is 415. The highest BCUT2D eigenvalue weighted by Gasteiger charge is 2.15. The van der Waals surface area contributed by atoms with Gasteiger partial charge < -0.3 is 14.7 Å². The van der Waals surface area contributed by atoms with E-state index in [4.69, 9.17) is 9.84 Å². The smallest absolute Gasteiger partial charge is 0.222 e. The number of ether oxygens (including phenoxy) is 1. The van der Waals surface area contributed by atoms with Crippen LogP contribution in [0.4, 0.5) is 0 Å². The zero-order chi connectivity index (χ0) is 15.7. The predicted octanol–water partition coefficient (Wildman–Crippen LogP) is 2.77. The summed E-state index contributed by atoms with van der Waals surface area (Å²) < 4.78 is 5.62. The average Bonchev–Trinajstić information content (AvgIpc) is 2.45. The lowest BCUT2D eigenvalue weighted by atomic mass is 10.2. The van der Waals surface area contributed by atoms with Gasteiger partial charge in [0.05, 0.1) is 6.61 Å². The minimum absolute atomic E-state index is 0.118. The first-order valence-electron chi connectivity index (χ1n) is 7.64. The zero-order valence-electron chi connectivity index (χ0n) is 13.3. The fraction of sp³-hybridized carbons (Fsp3) is 0.588. The molecule has 0 radical (unpaired) electrons. The summed E-state index contributed by atoms with van der Waals surface area (Å²) in [6.07, 6.45) is 1.81. The van der Waals surface area contributed by atoms with Crippen molar-refractivity contribution < 1.29 is 14.6 Å². The van der Waals surface area contributed by atoms with Crippen molar-refractivity contribution in [3.8, 4) is 5.75 Å². The Morgan fingerprint density at radius 3 is 2.48 bits per heavy atom. The summed E-state index contributed by atoms with van der Waals surface area (Å²) >= 11 is 0. The number of hydrogen-bond acceptors (Lipinski definition) is 3. The molecule has 21 heavy (non-hydrogen) atoms. The first-order chi connectivity index (χ1) is 10.0. The van der Waals surface area contributed by atoms with Gasteiger partial charge in [0, 0.05) is 25.6 Å². The predicted molar refractivity (Wildman–Crippen MR) is 84.5 cm³/mol. The molecule has 0 bridgehead atoms. The van der Waals surface area contributed by atoms with Crippen LogP contribution < -0.4 is 4.74 Å². The third-order valence-corrected chi connectivity index (χ3v) is 3.33. The summed E-state index contributed by atoms with van der Waals surface area (Å²) in [4.78, 5) is 14.0. The second-order valence-corrected chi connectivity index (χ2v) is 5.52. The molecule has 0 fully saturated rings. The maximum absolute atomic E-state index is 12.1. The number of aliphatic hydroxyl groups excluding tert-OH is 1. The van der Waals surface area contributed by atoms with Gasteiger partial charge in [0.2, 0.25) is 5.91 Å². The average molecular weight is 293 g/mol. The summed E-state index contributed by atoms with van der Waals surface area (Å²) in [6.45, 7) is 7.31. The molecular weight excluding hydrogens is 266 g/mol. The maximum Gasteiger partial charge on any atom is 0.222 e. The number of aryl methyl sites for hydroxylation is 1. The lowest BCUT2D eigenvalue weighted by Crippen LogP contribution is -2.38. The van der Waals surface area contributed by atoms with E-state index in [2.05, 4.69) is 0 Å². The normalized spacial score (nSPS) is 10.7. The van der Waals surface area contributed by atoms with E-state index in [0.717, 1.165) is 5.75 Å². The van der Waals surface area contributed by atoms with Crippen molar-refractivity contribution in [1.29, 1.82) is 0 Å². The van der Waals surface area contributed by atoms with E-state index in [9.17, 15) is 4.79 Å². The van der Waals surface area contributed by atoms with Crippen molar-refractivity contribution in [1.82, 2.24) is 4.90 Å². The minimum atomic E-state index is 0.118. The van der Waals surface area contributed by atoms with Crippen LogP contribution in [0.3, 0.4) is 0 Å². The van der Waals surface area contributed by atoms with Crippen molar-refractivity contribution >= 4 is 5.91 Å². The Morgan fingerprint density at radius 2 is 1.90 bits per heavy atom.